The fourth-order valence-corrected chi connectivity index (χ4v) is 2.80. The van der Waals surface area contributed by atoms with E-state index in [-0.39, 0.29) is 5.84 Å². The van der Waals surface area contributed by atoms with E-state index in [1.54, 1.807) is 0 Å². The Bertz CT molecular complexity index is 422. The van der Waals surface area contributed by atoms with Gasteiger partial charge in [0.25, 0.3) is 0 Å². The third-order valence-electron chi connectivity index (χ3n) is 3.91. The third-order valence-corrected chi connectivity index (χ3v) is 3.91. The number of nitrogens with zero attached hydrogens (tertiary/aromatic N) is 4. The van der Waals surface area contributed by atoms with Crippen LogP contribution in [0.15, 0.2) is 17.4 Å². The molecule has 0 radical (unpaired) electrons. The number of aromatic nitrogens is 2. The monoisotopic (exact) mass is 265 g/mol. The minimum atomic E-state index is 0.289. The first-order valence-corrected chi connectivity index (χ1v) is 6.88. The molecule has 2 rings (SSSR count). The fourth-order valence-electron chi connectivity index (χ4n) is 2.80. The van der Waals surface area contributed by atoms with Gasteiger partial charge < -0.3 is 10.9 Å². The summed E-state index contributed by atoms with van der Waals surface area (Å²) in [6, 6.07) is 2.60. The number of oxime groups is 1. The van der Waals surface area contributed by atoms with E-state index in [1.807, 2.05) is 24.0 Å². The van der Waals surface area contributed by atoms with E-state index in [4.69, 9.17) is 10.9 Å². The molecule has 1 aliphatic carbocycles. The molecular weight excluding hydrogens is 242 g/mol. The molecule has 0 aliphatic heterocycles. The lowest BCUT2D eigenvalue weighted by Crippen LogP contribution is -2.41. The molecule has 1 saturated carbocycles. The second kappa shape index (κ2) is 6.56. The van der Waals surface area contributed by atoms with E-state index in [0.29, 0.717) is 12.6 Å². The first-order chi connectivity index (χ1) is 9.20. The molecular formula is C13H23N5O. The van der Waals surface area contributed by atoms with Gasteiger partial charge in [-0.25, -0.2) is 0 Å². The van der Waals surface area contributed by atoms with E-state index in [1.165, 1.54) is 31.4 Å². The van der Waals surface area contributed by atoms with Gasteiger partial charge in [0.15, 0.2) is 5.84 Å². The summed E-state index contributed by atoms with van der Waals surface area (Å²) in [6.07, 6.45) is 7.74. The standard InChI is InChI=1S/C13H23N5O/c1-17-11(6-8-15-17)7-9-18(10-13(14)16-19)12-4-2-3-5-12/h6,8,12,19H,2-5,7,9-10H2,1H3,(H2,14,16). The van der Waals surface area contributed by atoms with Gasteiger partial charge >= 0.3 is 0 Å². The van der Waals surface area contributed by atoms with Crippen LogP contribution in [-0.2, 0) is 13.5 Å². The quantitative estimate of drug-likeness (QED) is 0.347. The first-order valence-electron chi connectivity index (χ1n) is 6.88. The SMILES string of the molecule is Cn1nccc1CCN(C/C(N)=N/O)C1CCCC1. The van der Waals surface area contributed by atoms with Crippen molar-refractivity contribution in [2.45, 2.75) is 38.1 Å². The minimum absolute atomic E-state index is 0.289. The molecule has 3 N–H and O–H groups in total. The van der Waals surface area contributed by atoms with Crippen molar-refractivity contribution < 1.29 is 5.21 Å². The number of rotatable bonds is 6. The van der Waals surface area contributed by atoms with Gasteiger partial charge in [0.05, 0.1) is 6.54 Å². The van der Waals surface area contributed by atoms with Crippen molar-refractivity contribution in [3.63, 3.8) is 0 Å². The lowest BCUT2D eigenvalue weighted by molar-refractivity contribution is 0.223. The van der Waals surface area contributed by atoms with Crippen LogP contribution in [0.2, 0.25) is 0 Å². The topological polar surface area (TPSA) is 79.7 Å². The van der Waals surface area contributed by atoms with E-state index in [9.17, 15) is 0 Å². The molecule has 1 aromatic heterocycles. The zero-order valence-electron chi connectivity index (χ0n) is 11.5. The highest BCUT2D eigenvalue weighted by Crippen LogP contribution is 2.23. The molecule has 1 fully saturated rings. The number of amidine groups is 1. The van der Waals surface area contributed by atoms with Crippen LogP contribution in [-0.4, -0.2) is 44.9 Å². The second-order valence-corrected chi connectivity index (χ2v) is 5.20. The molecule has 0 aromatic carbocycles. The van der Waals surface area contributed by atoms with Crippen LogP contribution in [0.1, 0.15) is 31.4 Å². The largest absolute Gasteiger partial charge is 0.409 e. The Morgan fingerprint density at radius 1 is 1.58 bits per heavy atom. The molecule has 0 saturated heterocycles. The molecule has 106 valence electrons. The van der Waals surface area contributed by atoms with Crippen molar-refractivity contribution in [1.29, 1.82) is 0 Å². The number of hydrogen-bond donors (Lipinski definition) is 2. The molecule has 6 heteroatoms. The summed E-state index contributed by atoms with van der Waals surface area (Å²) in [7, 11) is 1.96. The summed E-state index contributed by atoms with van der Waals surface area (Å²) in [6.45, 7) is 1.46. The predicted octanol–water partition coefficient (Wildman–Crippen LogP) is 0.954. The summed E-state index contributed by atoms with van der Waals surface area (Å²) in [5, 5.41) is 16.0. The average Bonchev–Trinajstić information content (AvgIpc) is 3.06. The predicted molar refractivity (Wildman–Crippen MR) is 74.1 cm³/mol. The van der Waals surface area contributed by atoms with Gasteiger partial charge in [-0.2, -0.15) is 5.10 Å². The van der Waals surface area contributed by atoms with Crippen molar-refractivity contribution in [2.75, 3.05) is 13.1 Å². The van der Waals surface area contributed by atoms with Crippen molar-refractivity contribution in [3.05, 3.63) is 18.0 Å². The Kier molecular flexibility index (Phi) is 4.79. The van der Waals surface area contributed by atoms with Crippen LogP contribution in [0, 0.1) is 0 Å². The lowest BCUT2D eigenvalue weighted by Gasteiger charge is -2.28. The maximum atomic E-state index is 8.74. The molecule has 0 atom stereocenters. The Labute approximate surface area is 113 Å². The van der Waals surface area contributed by atoms with Gasteiger partial charge in [0.2, 0.25) is 0 Å². The smallest absolute Gasteiger partial charge is 0.153 e. The van der Waals surface area contributed by atoms with E-state index < -0.39 is 0 Å². The molecule has 19 heavy (non-hydrogen) atoms. The van der Waals surface area contributed by atoms with Gasteiger partial charge in [-0.15, -0.1) is 0 Å². The van der Waals surface area contributed by atoms with Crippen molar-refractivity contribution in [2.24, 2.45) is 17.9 Å². The second-order valence-electron chi connectivity index (χ2n) is 5.20. The van der Waals surface area contributed by atoms with E-state index in [2.05, 4.69) is 15.2 Å². The zero-order chi connectivity index (χ0) is 13.7. The van der Waals surface area contributed by atoms with Gasteiger partial charge in [-0.1, -0.05) is 18.0 Å². The van der Waals surface area contributed by atoms with E-state index in [0.717, 1.165) is 13.0 Å². The van der Waals surface area contributed by atoms with Crippen LogP contribution < -0.4 is 5.73 Å². The summed E-state index contributed by atoms with van der Waals surface area (Å²) < 4.78 is 1.90. The highest BCUT2D eigenvalue weighted by atomic mass is 16.4. The third kappa shape index (κ3) is 3.70. The van der Waals surface area contributed by atoms with E-state index >= 15 is 0 Å². The van der Waals surface area contributed by atoms with Crippen molar-refractivity contribution in [1.82, 2.24) is 14.7 Å². The highest BCUT2D eigenvalue weighted by molar-refractivity contribution is 5.81. The van der Waals surface area contributed by atoms with Gasteiger partial charge in [-0.3, -0.25) is 9.58 Å². The van der Waals surface area contributed by atoms with Crippen LogP contribution >= 0.6 is 0 Å². The summed E-state index contributed by atoms with van der Waals surface area (Å²) in [4.78, 5) is 2.33. The Morgan fingerprint density at radius 2 is 2.32 bits per heavy atom. The molecule has 6 nitrogen and oxygen atoms in total. The molecule has 0 spiro atoms. The van der Waals surface area contributed by atoms with Gasteiger partial charge in [0.1, 0.15) is 0 Å². The van der Waals surface area contributed by atoms with Crippen molar-refractivity contribution in [3.8, 4) is 0 Å². The van der Waals surface area contributed by atoms with Crippen LogP contribution in [0.5, 0.6) is 0 Å². The lowest BCUT2D eigenvalue weighted by atomic mass is 10.2. The number of aryl methyl sites for hydroxylation is 1. The molecule has 1 aliphatic rings. The fraction of sp³-hybridized carbons (Fsp3) is 0.692. The summed E-state index contributed by atoms with van der Waals surface area (Å²) >= 11 is 0. The highest BCUT2D eigenvalue weighted by Gasteiger charge is 2.23. The zero-order valence-corrected chi connectivity index (χ0v) is 11.5. The maximum absolute atomic E-state index is 8.74. The molecule has 0 bridgehead atoms. The Morgan fingerprint density at radius 3 is 2.89 bits per heavy atom. The number of nitrogens with two attached hydrogens (primary N) is 1. The Balaban J connectivity index is 1.94. The normalized spacial score (nSPS) is 17.5. The molecule has 1 aromatic rings. The van der Waals surface area contributed by atoms with Crippen molar-refractivity contribution >= 4 is 5.84 Å². The minimum Gasteiger partial charge on any atom is -0.409 e. The summed E-state index contributed by atoms with van der Waals surface area (Å²) in [5.74, 6) is 0.289. The average molecular weight is 265 g/mol. The number of hydrogen-bond acceptors (Lipinski definition) is 4. The summed E-state index contributed by atoms with van der Waals surface area (Å²) in [5.41, 5.74) is 6.87. The molecule has 0 amide bonds. The van der Waals surface area contributed by atoms with Gasteiger partial charge in [0, 0.05) is 37.9 Å². The molecule has 0 unspecified atom stereocenters. The first kappa shape index (κ1) is 13.9. The Hall–Kier alpha value is -1.56. The van der Waals surface area contributed by atoms with Crippen LogP contribution in [0.3, 0.4) is 0 Å². The van der Waals surface area contributed by atoms with Gasteiger partial charge in [-0.05, 0) is 18.9 Å². The van der Waals surface area contributed by atoms with Crippen LogP contribution in [0.4, 0.5) is 0 Å². The maximum Gasteiger partial charge on any atom is 0.153 e. The van der Waals surface area contributed by atoms with Crippen LogP contribution in [0.25, 0.3) is 0 Å². The molecule has 1 heterocycles.